The van der Waals surface area contributed by atoms with Crippen molar-refractivity contribution >= 4 is 22.6 Å². The third-order valence-corrected chi connectivity index (χ3v) is 3.59. The molecule has 0 saturated carbocycles. The van der Waals surface area contributed by atoms with E-state index in [0.29, 0.717) is 16.4 Å². The van der Waals surface area contributed by atoms with E-state index < -0.39 is 0 Å². The molecule has 1 atom stereocenters. The molecular weight excluding hydrogens is 288 g/mol. The van der Waals surface area contributed by atoms with Gasteiger partial charge in [-0.25, -0.2) is 4.79 Å². The van der Waals surface area contributed by atoms with Crippen LogP contribution >= 0.6 is 11.6 Å². The average molecular weight is 301 g/mol. The lowest BCUT2D eigenvalue weighted by molar-refractivity contribution is 0.227. The van der Waals surface area contributed by atoms with Gasteiger partial charge in [-0.3, -0.25) is 0 Å². The van der Waals surface area contributed by atoms with Crippen molar-refractivity contribution in [2.45, 2.75) is 13.0 Å². The fourth-order valence-electron chi connectivity index (χ4n) is 2.19. The first kappa shape index (κ1) is 13.7. The van der Waals surface area contributed by atoms with Crippen LogP contribution in [0.4, 0.5) is 0 Å². The Bertz CT molecular complexity index is 839. The second-order valence-electron chi connectivity index (χ2n) is 4.74. The van der Waals surface area contributed by atoms with Crippen LogP contribution in [0.1, 0.15) is 18.6 Å². The molecule has 0 N–H and O–H groups in total. The first-order valence-corrected chi connectivity index (χ1v) is 6.96. The van der Waals surface area contributed by atoms with Gasteiger partial charge in [-0.15, -0.1) is 0 Å². The van der Waals surface area contributed by atoms with Crippen LogP contribution in [0.2, 0.25) is 5.02 Å². The van der Waals surface area contributed by atoms with Crippen LogP contribution in [0.3, 0.4) is 0 Å². The number of hydrogen-bond donors (Lipinski definition) is 0. The van der Waals surface area contributed by atoms with E-state index in [0.717, 1.165) is 10.9 Å². The van der Waals surface area contributed by atoms with E-state index in [-0.39, 0.29) is 11.7 Å². The molecule has 0 fully saturated rings. The summed E-state index contributed by atoms with van der Waals surface area (Å²) in [4.78, 5) is 11.3. The Kier molecular flexibility index (Phi) is 3.67. The zero-order valence-electron chi connectivity index (χ0n) is 11.4. The van der Waals surface area contributed by atoms with Crippen LogP contribution in [0.15, 0.2) is 63.8 Å². The Balaban J connectivity index is 1.91. The smallest absolute Gasteiger partial charge is 0.336 e. The van der Waals surface area contributed by atoms with Crippen LogP contribution < -0.4 is 10.4 Å². The molecule has 106 valence electrons. The summed E-state index contributed by atoms with van der Waals surface area (Å²) < 4.78 is 11.0. The minimum Gasteiger partial charge on any atom is -0.486 e. The maximum Gasteiger partial charge on any atom is 0.336 e. The molecule has 3 rings (SSSR count). The topological polar surface area (TPSA) is 39.4 Å². The van der Waals surface area contributed by atoms with Crippen LogP contribution in [0.5, 0.6) is 5.75 Å². The van der Waals surface area contributed by atoms with Gasteiger partial charge in [0.05, 0.1) is 0 Å². The van der Waals surface area contributed by atoms with Crippen molar-refractivity contribution in [1.29, 1.82) is 0 Å². The van der Waals surface area contributed by atoms with Crippen LogP contribution in [0, 0.1) is 0 Å². The first-order valence-electron chi connectivity index (χ1n) is 6.58. The number of ether oxygens (including phenoxy) is 1. The molecule has 0 aliphatic heterocycles. The lowest BCUT2D eigenvalue weighted by Gasteiger charge is -2.16. The van der Waals surface area contributed by atoms with E-state index in [2.05, 4.69) is 0 Å². The summed E-state index contributed by atoms with van der Waals surface area (Å²) in [5.41, 5.74) is 1.04. The van der Waals surface area contributed by atoms with Gasteiger partial charge in [-0.05, 0) is 31.2 Å². The summed E-state index contributed by atoms with van der Waals surface area (Å²) in [6.07, 6.45) is -0.202. The van der Waals surface area contributed by atoms with E-state index >= 15 is 0 Å². The Hall–Kier alpha value is -2.26. The van der Waals surface area contributed by atoms with Gasteiger partial charge < -0.3 is 9.15 Å². The molecular formula is C17H13ClO3. The molecule has 3 nitrogen and oxygen atoms in total. The highest BCUT2D eigenvalue weighted by Crippen LogP contribution is 2.28. The molecule has 0 radical (unpaired) electrons. The maximum atomic E-state index is 11.3. The summed E-state index contributed by atoms with van der Waals surface area (Å²) in [6.45, 7) is 1.92. The molecule has 21 heavy (non-hydrogen) atoms. The summed E-state index contributed by atoms with van der Waals surface area (Å²) >= 11 is 6.16. The van der Waals surface area contributed by atoms with Gasteiger partial charge in [0.2, 0.25) is 0 Å². The zero-order chi connectivity index (χ0) is 14.8. The van der Waals surface area contributed by atoms with Gasteiger partial charge in [0, 0.05) is 28.1 Å². The van der Waals surface area contributed by atoms with Gasteiger partial charge in [0.15, 0.2) is 0 Å². The van der Waals surface area contributed by atoms with Gasteiger partial charge in [-0.1, -0.05) is 29.8 Å². The van der Waals surface area contributed by atoms with E-state index in [1.165, 1.54) is 6.07 Å². The molecule has 3 aromatic rings. The lowest BCUT2D eigenvalue weighted by Crippen LogP contribution is -2.04. The minimum atomic E-state index is -0.376. The van der Waals surface area contributed by atoms with Gasteiger partial charge in [0.1, 0.15) is 17.4 Å². The number of benzene rings is 2. The summed E-state index contributed by atoms with van der Waals surface area (Å²) in [5.74, 6) is 0.629. The normalized spacial score (nSPS) is 12.3. The summed E-state index contributed by atoms with van der Waals surface area (Å²) in [6, 6.07) is 16.1. The Labute approximate surface area is 126 Å². The molecule has 2 aromatic carbocycles. The van der Waals surface area contributed by atoms with Gasteiger partial charge in [0.25, 0.3) is 0 Å². The third kappa shape index (κ3) is 2.93. The SMILES string of the molecule is C[C@H](Oc1ccc2ccc(=O)oc2c1)c1ccccc1Cl. The summed E-state index contributed by atoms with van der Waals surface area (Å²) in [5, 5.41) is 1.52. The highest BCUT2D eigenvalue weighted by molar-refractivity contribution is 6.31. The van der Waals surface area contributed by atoms with Gasteiger partial charge in [-0.2, -0.15) is 0 Å². The minimum absolute atomic E-state index is 0.202. The highest BCUT2D eigenvalue weighted by atomic mass is 35.5. The van der Waals surface area contributed by atoms with Crippen molar-refractivity contribution in [3.63, 3.8) is 0 Å². The first-order chi connectivity index (χ1) is 10.1. The molecule has 4 heteroatoms. The van der Waals surface area contributed by atoms with Crippen LogP contribution in [0.25, 0.3) is 11.0 Å². The number of halogens is 1. The molecule has 0 aliphatic rings. The molecule has 0 amide bonds. The third-order valence-electron chi connectivity index (χ3n) is 3.25. The molecule has 0 saturated heterocycles. The standard InChI is InChI=1S/C17H13ClO3/c1-11(14-4-2-3-5-15(14)18)20-13-8-6-12-7-9-17(19)21-16(12)10-13/h2-11H,1H3/t11-/m0/s1. The molecule has 1 aromatic heterocycles. The van der Waals surface area contributed by atoms with E-state index in [1.54, 1.807) is 12.1 Å². The maximum absolute atomic E-state index is 11.3. The van der Waals surface area contributed by atoms with E-state index in [9.17, 15) is 4.79 Å². The van der Waals surface area contributed by atoms with Crippen molar-refractivity contribution in [3.05, 3.63) is 75.6 Å². The number of fused-ring (bicyclic) bond motifs is 1. The predicted molar refractivity (Wildman–Crippen MR) is 83.0 cm³/mol. The fourth-order valence-corrected chi connectivity index (χ4v) is 2.48. The molecule has 0 aliphatic carbocycles. The monoisotopic (exact) mass is 300 g/mol. The second kappa shape index (κ2) is 5.62. The van der Waals surface area contributed by atoms with Crippen molar-refractivity contribution < 1.29 is 9.15 Å². The van der Waals surface area contributed by atoms with Crippen molar-refractivity contribution in [3.8, 4) is 5.75 Å². The van der Waals surface area contributed by atoms with E-state index in [4.69, 9.17) is 20.8 Å². The van der Waals surface area contributed by atoms with Crippen LogP contribution in [-0.2, 0) is 0 Å². The van der Waals surface area contributed by atoms with E-state index in [1.807, 2.05) is 43.3 Å². The largest absolute Gasteiger partial charge is 0.486 e. The molecule has 0 unspecified atom stereocenters. The quantitative estimate of drug-likeness (QED) is 0.664. The zero-order valence-corrected chi connectivity index (χ0v) is 12.1. The van der Waals surface area contributed by atoms with Crippen molar-refractivity contribution in [2.75, 3.05) is 0 Å². The summed E-state index contributed by atoms with van der Waals surface area (Å²) in [7, 11) is 0. The average Bonchev–Trinajstić information content (AvgIpc) is 2.47. The van der Waals surface area contributed by atoms with Crippen LogP contribution in [-0.4, -0.2) is 0 Å². The Morgan fingerprint density at radius 3 is 2.67 bits per heavy atom. The Morgan fingerprint density at radius 1 is 1.10 bits per heavy atom. The highest BCUT2D eigenvalue weighted by Gasteiger charge is 2.11. The van der Waals surface area contributed by atoms with Crippen molar-refractivity contribution in [1.82, 2.24) is 0 Å². The fraction of sp³-hybridized carbons (Fsp3) is 0.118. The molecule has 0 bridgehead atoms. The molecule has 1 heterocycles. The molecule has 0 spiro atoms. The predicted octanol–water partition coefficient (Wildman–Crippen LogP) is 4.59. The van der Waals surface area contributed by atoms with Crippen molar-refractivity contribution in [2.24, 2.45) is 0 Å². The number of hydrogen-bond acceptors (Lipinski definition) is 3. The van der Waals surface area contributed by atoms with Gasteiger partial charge >= 0.3 is 5.63 Å². The number of rotatable bonds is 3. The lowest BCUT2D eigenvalue weighted by atomic mass is 10.1. The second-order valence-corrected chi connectivity index (χ2v) is 5.14. The Morgan fingerprint density at radius 2 is 1.86 bits per heavy atom.